The molecule has 0 aliphatic heterocycles. The van der Waals surface area contributed by atoms with Crippen molar-refractivity contribution in [3.05, 3.63) is 72.4 Å². The van der Waals surface area contributed by atoms with E-state index in [0.717, 1.165) is 41.8 Å². The first-order valence-corrected chi connectivity index (χ1v) is 13.9. The molecule has 0 bridgehead atoms. The van der Waals surface area contributed by atoms with E-state index < -0.39 is 17.5 Å². The zero-order valence-corrected chi connectivity index (χ0v) is 23.6. The van der Waals surface area contributed by atoms with Gasteiger partial charge in [0.05, 0.1) is 17.6 Å². The Hall–Kier alpha value is -3.72. The smallest absolute Gasteiger partial charge is 0.353 e. The van der Waals surface area contributed by atoms with Gasteiger partial charge in [-0.1, -0.05) is 54.6 Å². The third-order valence-corrected chi connectivity index (χ3v) is 7.90. The van der Waals surface area contributed by atoms with Gasteiger partial charge in [0.2, 0.25) is 11.8 Å². The number of alkyl halides is 3. The maximum Gasteiger partial charge on any atom is 0.402 e. The maximum absolute atomic E-state index is 13.2. The Morgan fingerprint density at radius 1 is 0.976 bits per heavy atom. The number of aromatic nitrogens is 1. The second-order valence-corrected chi connectivity index (χ2v) is 11.5. The monoisotopic (exact) mass is 566 g/mol. The average molecular weight is 567 g/mol. The van der Waals surface area contributed by atoms with E-state index in [0.29, 0.717) is 31.4 Å². The lowest BCUT2D eigenvalue weighted by Gasteiger charge is -2.32. The summed E-state index contributed by atoms with van der Waals surface area (Å²) in [5.41, 5.74) is 8.75. The number of hydrogen-bond acceptors (Lipinski definition) is 4. The number of rotatable bonds is 8. The van der Waals surface area contributed by atoms with E-state index in [1.807, 2.05) is 67.6 Å². The number of hydrogen-bond donors (Lipinski definition) is 3. The molecule has 2 aromatic carbocycles. The summed E-state index contributed by atoms with van der Waals surface area (Å²) in [5, 5.41) is 5.52. The van der Waals surface area contributed by atoms with Crippen LogP contribution in [0.15, 0.2) is 66.9 Å². The van der Waals surface area contributed by atoms with E-state index in [4.69, 9.17) is 10.7 Å². The van der Waals surface area contributed by atoms with Crippen molar-refractivity contribution in [3.8, 4) is 22.4 Å². The highest BCUT2D eigenvalue weighted by molar-refractivity contribution is 5.93. The molecule has 0 saturated heterocycles. The van der Waals surface area contributed by atoms with Crippen LogP contribution < -0.4 is 16.4 Å². The third-order valence-electron chi connectivity index (χ3n) is 7.90. The summed E-state index contributed by atoms with van der Waals surface area (Å²) in [6.45, 7) is 3.71. The molecule has 1 fully saturated rings. The molecule has 1 aliphatic rings. The minimum atomic E-state index is -4.62. The molecule has 1 aliphatic carbocycles. The molecule has 4 rings (SSSR count). The summed E-state index contributed by atoms with van der Waals surface area (Å²) in [6, 6.07) is 19.3. The zero-order valence-electron chi connectivity index (χ0n) is 23.6. The van der Waals surface area contributed by atoms with Gasteiger partial charge in [-0.25, -0.2) is 0 Å². The second-order valence-electron chi connectivity index (χ2n) is 11.5. The molecule has 1 aromatic heterocycles. The Bertz CT molecular complexity index is 1350. The van der Waals surface area contributed by atoms with E-state index in [9.17, 15) is 22.8 Å². The number of carbonyl (C=O) groups excluding carboxylic acids is 2. The van der Waals surface area contributed by atoms with Gasteiger partial charge in [0.25, 0.3) is 0 Å². The predicted octanol–water partition coefficient (Wildman–Crippen LogP) is 7.03. The van der Waals surface area contributed by atoms with E-state index in [-0.39, 0.29) is 30.3 Å². The Kier molecular flexibility index (Phi) is 9.17. The minimum absolute atomic E-state index is 0.0708. The number of nitrogens with zero attached hydrogens (tertiary/aromatic N) is 1. The summed E-state index contributed by atoms with van der Waals surface area (Å²) in [4.78, 5) is 29.9. The van der Waals surface area contributed by atoms with Crippen molar-refractivity contribution < 1.29 is 22.8 Å². The van der Waals surface area contributed by atoms with Gasteiger partial charge in [-0.2, -0.15) is 13.2 Å². The van der Waals surface area contributed by atoms with Gasteiger partial charge in [-0.3, -0.25) is 14.6 Å². The van der Waals surface area contributed by atoms with Gasteiger partial charge in [-0.05, 0) is 69.6 Å². The van der Waals surface area contributed by atoms with Crippen LogP contribution in [0.25, 0.3) is 22.4 Å². The fourth-order valence-corrected chi connectivity index (χ4v) is 5.03. The highest BCUT2D eigenvalue weighted by Crippen LogP contribution is 2.38. The maximum atomic E-state index is 13.2. The number of benzene rings is 2. The lowest BCUT2D eigenvalue weighted by Crippen LogP contribution is -2.50. The number of pyridine rings is 1. The standard InChI is InChI=1S/C32H37F3N4O2/c1-20(36)22-11-13-24(14-12-22)29-27(23-7-5-4-6-8-23)18-26(19-37-29)38-28(40)17-21-9-15-25(16-10-21)39-30(41)31(2,3)32(33,34)35/h4-8,11-14,18-21,25H,9-10,15-17,36H2,1-3H3,(H,38,40)(H,39,41)/t20?,21-,25-. The molecule has 6 nitrogen and oxygen atoms in total. The molecule has 2 amide bonds. The van der Waals surface area contributed by atoms with Gasteiger partial charge in [-0.15, -0.1) is 0 Å². The molecule has 1 atom stereocenters. The van der Waals surface area contributed by atoms with Crippen molar-refractivity contribution in [1.29, 1.82) is 0 Å². The summed E-state index contributed by atoms with van der Waals surface area (Å²) in [7, 11) is 0. The predicted molar refractivity (Wildman–Crippen MR) is 155 cm³/mol. The molecule has 3 aromatic rings. The number of halogens is 3. The molecular formula is C32H37F3N4O2. The molecule has 4 N–H and O–H groups in total. The fraction of sp³-hybridized carbons (Fsp3) is 0.406. The molecule has 41 heavy (non-hydrogen) atoms. The fourth-order valence-electron chi connectivity index (χ4n) is 5.03. The number of nitrogens with two attached hydrogens (primary N) is 1. The van der Waals surface area contributed by atoms with E-state index >= 15 is 0 Å². The number of nitrogens with one attached hydrogen (secondary N) is 2. The lowest BCUT2D eigenvalue weighted by atomic mass is 9.83. The Morgan fingerprint density at radius 2 is 1.61 bits per heavy atom. The van der Waals surface area contributed by atoms with Gasteiger partial charge < -0.3 is 16.4 Å². The molecule has 0 spiro atoms. The van der Waals surface area contributed by atoms with Gasteiger partial charge in [0.1, 0.15) is 5.41 Å². The van der Waals surface area contributed by atoms with Crippen molar-refractivity contribution in [2.45, 2.75) is 71.1 Å². The summed E-state index contributed by atoms with van der Waals surface area (Å²) in [6.07, 6.45) is -0.317. The molecule has 1 unspecified atom stereocenters. The first-order chi connectivity index (χ1) is 19.3. The van der Waals surface area contributed by atoms with Crippen LogP contribution >= 0.6 is 0 Å². The van der Waals surface area contributed by atoms with Crippen LogP contribution in [-0.4, -0.2) is 29.0 Å². The van der Waals surface area contributed by atoms with Crippen molar-refractivity contribution in [2.75, 3.05) is 5.32 Å². The van der Waals surface area contributed by atoms with Crippen LogP contribution in [0, 0.1) is 11.3 Å². The number of amides is 2. The quantitative estimate of drug-likeness (QED) is 0.273. The Balaban J connectivity index is 1.40. The highest BCUT2D eigenvalue weighted by atomic mass is 19.4. The van der Waals surface area contributed by atoms with Crippen LogP contribution in [0.4, 0.5) is 18.9 Å². The SMILES string of the molecule is CC(N)c1ccc(-c2ncc(NC(=O)C[C@H]3CC[C@H](NC(=O)C(C)(C)C(F)(F)F)CC3)cc2-c2ccccc2)cc1. The summed E-state index contributed by atoms with van der Waals surface area (Å²) >= 11 is 0. The first-order valence-electron chi connectivity index (χ1n) is 13.9. The minimum Gasteiger partial charge on any atom is -0.353 e. The van der Waals surface area contributed by atoms with Crippen molar-refractivity contribution in [1.82, 2.24) is 10.3 Å². The van der Waals surface area contributed by atoms with Crippen LogP contribution in [0.1, 0.15) is 64.5 Å². The largest absolute Gasteiger partial charge is 0.402 e. The molecule has 1 saturated carbocycles. The average Bonchev–Trinajstić information content (AvgIpc) is 2.94. The second kappa shape index (κ2) is 12.4. The van der Waals surface area contributed by atoms with Crippen molar-refractivity contribution >= 4 is 17.5 Å². The summed E-state index contributed by atoms with van der Waals surface area (Å²) in [5.74, 6) is -1.07. The van der Waals surface area contributed by atoms with Crippen molar-refractivity contribution in [2.24, 2.45) is 17.1 Å². The Labute approximate surface area is 238 Å². The number of anilines is 1. The molecule has 1 heterocycles. The van der Waals surface area contributed by atoms with Crippen LogP contribution in [0.3, 0.4) is 0 Å². The zero-order chi connectivity index (χ0) is 29.8. The van der Waals surface area contributed by atoms with E-state index in [1.165, 1.54) is 0 Å². The van der Waals surface area contributed by atoms with Crippen LogP contribution in [0.5, 0.6) is 0 Å². The van der Waals surface area contributed by atoms with Crippen LogP contribution in [0.2, 0.25) is 0 Å². The topological polar surface area (TPSA) is 97.1 Å². The van der Waals surface area contributed by atoms with Crippen molar-refractivity contribution in [3.63, 3.8) is 0 Å². The highest BCUT2D eigenvalue weighted by Gasteiger charge is 2.53. The third kappa shape index (κ3) is 7.33. The molecule has 218 valence electrons. The van der Waals surface area contributed by atoms with Gasteiger partial charge in [0, 0.05) is 29.6 Å². The molecule has 0 radical (unpaired) electrons. The Morgan fingerprint density at radius 3 is 2.20 bits per heavy atom. The molecular weight excluding hydrogens is 529 g/mol. The van der Waals surface area contributed by atoms with E-state index in [1.54, 1.807) is 6.20 Å². The normalized spacial score (nSPS) is 18.4. The van der Waals surface area contributed by atoms with Gasteiger partial charge in [0.15, 0.2) is 0 Å². The summed E-state index contributed by atoms with van der Waals surface area (Å²) < 4.78 is 39.5. The molecule has 9 heteroatoms. The van der Waals surface area contributed by atoms with Crippen LogP contribution in [-0.2, 0) is 9.59 Å². The lowest BCUT2D eigenvalue weighted by molar-refractivity contribution is -0.211. The van der Waals surface area contributed by atoms with Gasteiger partial charge >= 0.3 is 6.18 Å². The van der Waals surface area contributed by atoms with E-state index in [2.05, 4.69) is 10.6 Å². The number of carbonyl (C=O) groups is 2. The first kappa shape index (κ1) is 30.2.